The van der Waals surface area contributed by atoms with E-state index in [-0.39, 0.29) is 12.5 Å². The number of hydrogen-bond donors (Lipinski definition) is 0. The van der Waals surface area contributed by atoms with E-state index in [9.17, 15) is 4.79 Å². The number of ether oxygens (including phenoxy) is 1. The first kappa shape index (κ1) is 17.7. The molecule has 0 radical (unpaired) electrons. The number of likely N-dealkylation sites (N-methyl/N-ethyl adjacent to an activating group) is 1. The number of hydrogen-bond acceptors (Lipinski definition) is 5. The third-order valence-electron chi connectivity index (χ3n) is 3.92. The van der Waals surface area contributed by atoms with E-state index < -0.39 is 6.10 Å². The Balaban J connectivity index is 1.60. The first-order valence-corrected chi connectivity index (χ1v) is 8.39. The van der Waals surface area contributed by atoms with Crippen molar-refractivity contribution in [3.63, 3.8) is 0 Å². The second-order valence-corrected chi connectivity index (χ2v) is 6.13. The van der Waals surface area contributed by atoms with Crippen LogP contribution in [0.5, 0.6) is 5.75 Å². The van der Waals surface area contributed by atoms with Crippen LogP contribution in [0.25, 0.3) is 11.5 Å². The molecule has 1 atom stereocenters. The summed E-state index contributed by atoms with van der Waals surface area (Å²) in [6, 6.07) is 17.1. The zero-order valence-electron chi connectivity index (χ0n) is 15.0. The molecule has 1 aromatic heterocycles. The van der Waals surface area contributed by atoms with E-state index in [0.29, 0.717) is 17.5 Å². The highest BCUT2D eigenvalue weighted by Gasteiger charge is 2.21. The Bertz CT molecular complexity index is 860. The van der Waals surface area contributed by atoms with Gasteiger partial charge in [-0.25, -0.2) is 0 Å². The molecule has 6 heteroatoms. The molecular weight excluding hydrogens is 330 g/mol. The fourth-order valence-electron chi connectivity index (χ4n) is 2.48. The number of nitrogens with zero attached hydrogens (tertiary/aromatic N) is 3. The van der Waals surface area contributed by atoms with Gasteiger partial charge in [0.1, 0.15) is 5.75 Å². The van der Waals surface area contributed by atoms with Gasteiger partial charge in [0, 0.05) is 12.6 Å². The van der Waals surface area contributed by atoms with Gasteiger partial charge in [-0.1, -0.05) is 35.9 Å². The molecule has 0 spiro atoms. The second kappa shape index (κ2) is 7.82. The van der Waals surface area contributed by atoms with Crippen molar-refractivity contribution in [2.24, 2.45) is 0 Å². The predicted molar refractivity (Wildman–Crippen MR) is 97.5 cm³/mol. The molecule has 0 aliphatic rings. The summed E-state index contributed by atoms with van der Waals surface area (Å²) in [4.78, 5) is 14.0. The Hall–Kier alpha value is -3.15. The van der Waals surface area contributed by atoms with E-state index in [1.165, 1.54) is 4.90 Å². The van der Waals surface area contributed by atoms with E-state index in [0.717, 1.165) is 11.1 Å². The summed E-state index contributed by atoms with van der Waals surface area (Å²) in [7, 11) is 1.68. The topological polar surface area (TPSA) is 68.5 Å². The first-order chi connectivity index (χ1) is 12.5. The van der Waals surface area contributed by atoms with Crippen molar-refractivity contribution >= 4 is 5.91 Å². The highest BCUT2D eigenvalue weighted by Crippen LogP contribution is 2.18. The van der Waals surface area contributed by atoms with Gasteiger partial charge < -0.3 is 14.1 Å². The largest absolute Gasteiger partial charge is 0.481 e. The molecular formula is C20H21N3O3. The molecule has 26 heavy (non-hydrogen) atoms. The summed E-state index contributed by atoms with van der Waals surface area (Å²) >= 11 is 0. The van der Waals surface area contributed by atoms with Crippen LogP contribution in [0.1, 0.15) is 18.4 Å². The number of aromatic nitrogens is 2. The predicted octanol–water partition coefficient (Wildman–Crippen LogP) is 3.47. The number of rotatable bonds is 6. The van der Waals surface area contributed by atoms with Crippen LogP contribution in [0.3, 0.4) is 0 Å². The van der Waals surface area contributed by atoms with Crippen molar-refractivity contribution in [2.45, 2.75) is 26.5 Å². The van der Waals surface area contributed by atoms with Gasteiger partial charge in [-0.05, 0) is 38.1 Å². The summed E-state index contributed by atoms with van der Waals surface area (Å²) in [5.41, 5.74) is 1.98. The molecule has 6 nitrogen and oxygen atoms in total. The second-order valence-electron chi connectivity index (χ2n) is 6.13. The lowest BCUT2D eigenvalue weighted by molar-refractivity contribution is -0.137. The molecule has 1 heterocycles. The lowest BCUT2D eigenvalue weighted by Gasteiger charge is -2.20. The minimum atomic E-state index is -0.612. The molecule has 0 unspecified atom stereocenters. The molecule has 3 aromatic rings. The Morgan fingerprint density at radius 2 is 1.81 bits per heavy atom. The molecule has 0 saturated carbocycles. The van der Waals surface area contributed by atoms with Crippen LogP contribution in [-0.4, -0.2) is 34.2 Å². The molecule has 3 rings (SSSR count). The third kappa shape index (κ3) is 4.27. The SMILES string of the molecule is Cc1ccc(O[C@@H](C)C(=O)N(C)Cc2nnc(-c3ccccc3)o2)cc1. The van der Waals surface area contributed by atoms with Crippen molar-refractivity contribution in [3.8, 4) is 17.2 Å². The van der Waals surface area contributed by atoms with Gasteiger partial charge in [-0.15, -0.1) is 10.2 Å². The fraction of sp³-hybridized carbons (Fsp3) is 0.250. The summed E-state index contributed by atoms with van der Waals surface area (Å²) in [6.45, 7) is 3.95. The monoisotopic (exact) mass is 351 g/mol. The molecule has 0 N–H and O–H groups in total. The highest BCUT2D eigenvalue weighted by molar-refractivity contribution is 5.80. The van der Waals surface area contributed by atoms with Crippen LogP contribution in [0.15, 0.2) is 59.0 Å². The van der Waals surface area contributed by atoms with Gasteiger partial charge in [0.2, 0.25) is 11.8 Å². The van der Waals surface area contributed by atoms with Crippen molar-refractivity contribution in [1.82, 2.24) is 15.1 Å². The third-order valence-corrected chi connectivity index (χ3v) is 3.92. The Labute approximate surface area is 152 Å². The summed E-state index contributed by atoms with van der Waals surface area (Å²) in [5, 5.41) is 8.05. The van der Waals surface area contributed by atoms with Crippen LogP contribution in [-0.2, 0) is 11.3 Å². The van der Waals surface area contributed by atoms with Crippen molar-refractivity contribution in [3.05, 3.63) is 66.1 Å². The number of aryl methyl sites for hydroxylation is 1. The normalized spacial score (nSPS) is 11.8. The molecule has 0 aliphatic carbocycles. The smallest absolute Gasteiger partial charge is 0.263 e. The van der Waals surface area contributed by atoms with Crippen LogP contribution in [0.4, 0.5) is 0 Å². The van der Waals surface area contributed by atoms with Crippen LogP contribution in [0, 0.1) is 6.92 Å². The molecule has 0 saturated heterocycles. The molecule has 0 bridgehead atoms. The number of carbonyl (C=O) groups is 1. The maximum atomic E-state index is 12.5. The fourth-order valence-corrected chi connectivity index (χ4v) is 2.48. The van der Waals surface area contributed by atoms with E-state index in [4.69, 9.17) is 9.15 Å². The lowest BCUT2D eigenvalue weighted by atomic mass is 10.2. The Kier molecular flexibility index (Phi) is 5.31. The van der Waals surface area contributed by atoms with Gasteiger partial charge in [0.15, 0.2) is 6.10 Å². The number of amides is 1. The highest BCUT2D eigenvalue weighted by atomic mass is 16.5. The van der Waals surface area contributed by atoms with E-state index >= 15 is 0 Å². The minimum Gasteiger partial charge on any atom is -0.481 e. The van der Waals surface area contributed by atoms with Gasteiger partial charge in [0.05, 0.1) is 6.54 Å². The standard InChI is InChI=1S/C20H21N3O3/c1-14-9-11-17(12-10-14)25-15(2)20(24)23(3)13-18-21-22-19(26-18)16-7-5-4-6-8-16/h4-12,15H,13H2,1-3H3/t15-/m0/s1. The lowest BCUT2D eigenvalue weighted by Crippen LogP contribution is -2.37. The van der Waals surface area contributed by atoms with Crippen molar-refractivity contribution in [2.75, 3.05) is 7.05 Å². The zero-order chi connectivity index (χ0) is 18.5. The van der Waals surface area contributed by atoms with E-state index in [1.54, 1.807) is 14.0 Å². The van der Waals surface area contributed by atoms with Gasteiger partial charge in [-0.3, -0.25) is 4.79 Å². The molecule has 2 aromatic carbocycles. The number of carbonyl (C=O) groups excluding carboxylic acids is 1. The number of benzene rings is 2. The summed E-state index contributed by atoms with van der Waals surface area (Å²) < 4.78 is 11.4. The first-order valence-electron chi connectivity index (χ1n) is 8.39. The average molecular weight is 351 g/mol. The Morgan fingerprint density at radius 3 is 2.50 bits per heavy atom. The van der Waals surface area contributed by atoms with Gasteiger partial charge in [0.25, 0.3) is 5.91 Å². The van der Waals surface area contributed by atoms with E-state index in [1.807, 2.05) is 61.5 Å². The summed E-state index contributed by atoms with van der Waals surface area (Å²) in [5.74, 6) is 1.31. The average Bonchev–Trinajstić information content (AvgIpc) is 3.12. The van der Waals surface area contributed by atoms with Crippen LogP contribution in [0.2, 0.25) is 0 Å². The van der Waals surface area contributed by atoms with Crippen LogP contribution < -0.4 is 4.74 Å². The Morgan fingerprint density at radius 1 is 1.12 bits per heavy atom. The van der Waals surface area contributed by atoms with Crippen molar-refractivity contribution < 1.29 is 13.9 Å². The molecule has 0 fully saturated rings. The maximum Gasteiger partial charge on any atom is 0.263 e. The minimum absolute atomic E-state index is 0.162. The van der Waals surface area contributed by atoms with Gasteiger partial charge >= 0.3 is 0 Å². The molecule has 0 aliphatic heterocycles. The van der Waals surface area contributed by atoms with E-state index in [2.05, 4.69) is 10.2 Å². The molecule has 134 valence electrons. The zero-order valence-corrected chi connectivity index (χ0v) is 15.0. The summed E-state index contributed by atoms with van der Waals surface area (Å²) in [6.07, 6.45) is -0.612. The van der Waals surface area contributed by atoms with Gasteiger partial charge in [-0.2, -0.15) is 0 Å². The molecule has 1 amide bonds. The maximum absolute atomic E-state index is 12.5. The van der Waals surface area contributed by atoms with Crippen LogP contribution >= 0.6 is 0 Å². The quantitative estimate of drug-likeness (QED) is 0.680. The van der Waals surface area contributed by atoms with Crippen molar-refractivity contribution in [1.29, 1.82) is 0 Å².